The van der Waals surface area contributed by atoms with Crippen molar-refractivity contribution in [1.29, 1.82) is 0 Å². The van der Waals surface area contributed by atoms with Crippen LogP contribution in [-0.2, 0) is 5.75 Å². The third-order valence-electron chi connectivity index (χ3n) is 3.19. The fourth-order valence-corrected chi connectivity index (χ4v) is 2.93. The van der Waals surface area contributed by atoms with Crippen molar-refractivity contribution in [2.75, 3.05) is 0 Å². The molecule has 0 saturated carbocycles. The summed E-state index contributed by atoms with van der Waals surface area (Å²) in [6.45, 7) is 0. The minimum absolute atomic E-state index is 0.583. The van der Waals surface area contributed by atoms with Crippen LogP contribution in [0.4, 0.5) is 0 Å². The van der Waals surface area contributed by atoms with Gasteiger partial charge in [0.1, 0.15) is 0 Å². The van der Waals surface area contributed by atoms with Gasteiger partial charge in [-0.2, -0.15) is 5.10 Å². The molecule has 4 heteroatoms. The molecular weight excluding hydrogens is 280 g/mol. The van der Waals surface area contributed by atoms with Crippen LogP contribution in [0.3, 0.4) is 0 Å². The average molecular weight is 294 g/mol. The van der Waals surface area contributed by atoms with Crippen LogP contribution in [0.25, 0.3) is 11.3 Å². The Bertz CT molecular complexity index is 720. The summed E-state index contributed by atoms with van der Waals surface area (Å²) in [5.41, 5.74) is 3.63. The van der Waals surface area contributed by atoms with Crippen LogP contribution < -0.4 is 0 Å². The van der Waals surface area contributed by atoms with E-state index in [9.17, 15) is 4.79 Å². The van der Waals surface area contributed by atoms with Crippen molar-refractivity contribution in [2.45, 2.75) is 10.6 Å². The number of H-pyrrole nitrogens is 1. The van der Waals surface area contributed by atoms with E-state index in [-0.39, 0.29) is 0 Å². The first-order chi connectivity index (χ1) is 10.4. The molecule has 21 heavy (non-hydrogen) atoms. The number of nitrogens with zero attached hydrogens (tertiary/aromatic N) is 1. The summed E-state index contributed by atoms with van der Waals surface area (Å²) in [5.74, 6) is 0.948. The summed E-state index contributed by atoms with van der Waals surface area (Å²) in [4.78, 5) is 12.1. The van der Waals surface area contributed by atoms with Gasteiger partial charge in [0, 0.05) is 16.2 Å². The number of aromatic amines is 1. The molecular formula is C17H14N2OS. The van der Waals surface area contributed by atoms with Gasteiger partial charge in [0.25, 0.3) is 0 Å². The molecule has 104 valence electrons. The summed E-state index contributed by atoms with van der Waals surface area (Å²) in [6.07, 6.45) is 2.36. The molecule has 3 nitrogen and oxygen atoms in total. The van der Waals surface area contributed by atoms with E-state index >= 15 is 0 Å². The first-order valence-corrected chi connectivity index (χ1v) is 7.61. The van der Waals surface area contributed by atoms with Crippen molar-refractivity contribution in [3.8, 4) is 11.3 Å². The van der Waals surface area contributed by atoms with Crippen molar-refractivity contribution in [3.63, 3.8) is 0 Å². The molecule has 0 spiro atoms. The van der Waals surface area contributed by atoms with E-state index in [4.69, 9.17) is 0 Å². The standard InChI is InChI=1S/C17H14N2OS/c20-11-15-10-18-19-17(15)14-6-8-16(9-7-14)21-12-13-4-2-1-3-5-13/h1-11H,12H2,(H,18,19). The number of hydrogen-bond donors (Lipinski definition) is 1. The van der Waals surface area contributed by atoms with Crippen LogP contribution in [0.15, 0.2) is 65.7 Å². The number of carbonyl (C=O) groups excluding carboxylic acids is 1. The normalized spacial score (nSPS) is 10.5. The second-order valence-electron chi connectivity index (χ2n) is 4.62. The van der Waals surface area contributed by atoms with Crippen molar-refractivity contribution in [3.05, 3.63) is 71.9 Å². The SMILES string of the molecule is O=Cc1cn[nH]c1-c1ccc(SCc2ccccc2)cc1. The third kappa shape index (κ3) is 3.23. The van der Waals surface area contributed by atoms with E-state index in [2.05, 4.69) is 46.6 Å². The summed E-state index contributed by atoms with van der Waals surface area (Å²) in [6, 6.07) is 18.5. The topological polar surface area (TPSA) is 45.8 Å². The van der Waals surface area contributed by atoms with Gasteiger partial charge in [-0.15, -0.1) is 11.8 Å². The van der Waals surface area contributed by atoms with Gasteiger partial charge >= 0.3 is 0 Å². The van der Waals surface area contributed by atoms with Gasteiger partial charge in [0.15, 0.2) is 6.29 Å². The quantitative estimate of drug-likeness (QED) is 0.567. The Balaban J connectivity index is 1.71. The highest BCUT2D eigenvalue weighted by Gasteiger charge is 2.06. The lowest BCUT2D eigenvalue weighted by Crippen LogP contribution is -1.84. The number of nitrogens with one attached hydrogen (secondary N) is 1. The molecule has 2 aromatic carbocycles. The van der Waals surface area contributed by atoms with E-state index in [0.717, 1.165) is 23.3 Å². The molecule has 0 atom stereocenters. The molecule has 0 aliphatic carbocycles. The fourth-order valence-electron chi connectivity index (χ4n) is 2.07. The Morgan fingerprint density at radius 2 is 1.81 bits per heavy atom. The molecule has 0 bridgehead atoms. The summed E-state index contributed by atoms with van der Waals surface area (Å²) < 4.78 is 0. The first kappa shape index (κ1) is 13.6. The first-order valence-electron chi connectivity index (χ1n) is 6.62. The van der Waals surface area contributed by atoms with Crippen LogP contribution in [0, 0.1) is 0 Å². The van der Waals surface area contributed by atoms with Gasteiger partial charge in [-0.3, -0.25) is 9.89 Å². The van der Waals surface area contributed by atoms with Gasteiger partial charge in [0.05, 0.1) is 17.5 Å². The second-order valence-corrected chi connectivity index (χ2v) is 5.67. The highest BCUT2D eigenvalue weighted by Crippen LogP contribution is 2.26. The predicted octanol–water partition coefficient (Wildman–Crippen LogP) is 4.18. The lowest BCUT2D eigenvalue weighted by molar-refractivity contribution is 0.112. The van der Waals surface area contributed by atoms with E-state index in [1.807, 2.05) is 18.2 Å². The Morgan fingerprint density at radius 1 is 1.05 bits per heavy atom. The van der Waals surface area contributed by atoms with Crippen LogP contribution in [0.1, 0.15) is 15.9 Å². The van der Waals surface area contributed by atoms with Gasteiger partial charge in [-0.1, -0.05) is 42.5 Å². The number of hydrogen-bond acceptors (Lipinski definition) is 3. The third-order valence-corrected chi connectivity index (χ3v) is 4.27. The maximum atomic E-state index is 10.9. The maximum absolute atomic E-state index is 10.9. The number of rotatable bonds is 5. The highest BCUT2D eigenvalue weighted by molar-refractivity contribution is 7.98. The van der Waals surface area contributed by atoms with E-state index < -0.39 is 0 Å². The molecule has 0 aliphatic heterocycles. The van der Waals surface area contributed by atoms with Gasteiger partial charge in [-0.05, 0) is 17.7 Å². The molecule has 0 aliphatic rings. The number of benzene rings is 2. The minimum Gasteiger partial charge on any atom is -0.298 e. The predicted molar refractivity (Wildman–Crippen MR) is 85.4 cm³/mol. The molecule has 0 saturated heterocycles. The Morgan fingerprint density at radius 3 is 2.52 bits per heavy atom. The monoisotopic (exact) mass is 294 g/mol. The van der Waals surface area contributed by atoms with Crippen LogP contribution in [0.2, 0.25) is 0 Å². The number of thioether (sulfide) groups is 1. The van der Waals surface area contributed by atoms with Crippen molar-refractivity contribution < 1.29 is 4.79 Å². The fraction of sp³-hybridized carbons (Fsp3) is 0.0588. The Kier molecular flexibility index (Phi) is 4.17. The largest absolute Gasteiger partial charge is 0.298 e. The van der Waals surface area contributed by atoms with Crippen molar-refractivity contribution in [1.82, 2.24) is 10.2 Å². The van der Waals surface area contributed by atoms with Gasteiger partial charge < -0.3 is 0 Å². The number of carbonyl (C=O) groups is 1. The van der Waals surface area contributed by atoms with Gasteiger partial charge in [0.2, 0.25) is 0 Å². The van der Waals surface area contributed by atoms with Gasteiger partial charge in [-0.25, -0.2) is 0 Å². The summed E-state index contributed by atoms with van der Waals surface area (Å²) in [7, 11) is 0. The molecule has 1 heterocycles. The van der Waals surface area contributed by atoms with Crippen LogP contribution in [-0.4, -0.2) is 16.5 Å². The minimum atomic E-state index is 0.583. The number of aldehydes is 1. The number of aromatic nitrogens is 2. The summed E-state index contributed by atoms with van der Waals surface area (Å²) in [5, 5.41) is 6.77. The Hall–Kier alpha value is -2.33. The maximum Gasteiger partial charge on any atom is 0.153 e. The molecule has 3 aromatic rings. The van der Waals surface area contributed by atoms with E-state index in [1.54, 1.807) is 18.0 Å². The lowest BCUT2D eigenvalue weighted by atomic mass is 10.1. The molecule has 0 unspecified atom stereocenters. The van der Waals surface area contributed by atoms with Crippen molar-refractivity contribution in [2.24, 2.45) is 0 Å². The Labute approximate surface area is 127 Å². The van der Waals surface area contributed by atoms with Crippen LogP contribution >= 0.6 is 11.8 Å². The van der Waals surface area contributed by atoms with E-state index in [1.165, 1.54) is 10.5 Å². The molecule has 1 aromatic heterocycles. The molecule has 1 N–H and O–H groups in total. The highest BCUT2D eigenvalue weighted by atomic mass is 32.2. The lowest BCUT2D eigenvalue weighted by Gasteiger charge is -2.04. The smallest absolute Gasteiger partial charge is 0.153 e. The zero-order valence-corrected chi connectivity index (χ0v) is 12.1. The molecule has 0 radical (unpaired) electrons. The molecule has 0 amide bonds. The second kappa shape index (κ2) is 6.41. The van der Waals surface area contributed by atoms with Crippen molar-refractivity contribution >= 4 is 18.0 Å². The van der Waals surface area contributed by atoms with Crippen LogP contribution in [0.5, 0.6) is 0 Å². The molecule has 0 fully saturated rings. The molecule has 3 rings (SSSR count). The average Bonchev–Trinajstić information content (AvgIpc) is 3.03. The summed E-state index contributed by atoms with van der Waals surface area (Å²) >= 11 is 1.79. The zero-order valence-electron chi connectivity index (χ0n) is 11.3. The zero-order chi connectivity index (χ0) is 14.5. The van der Waals surface area contributed by atoms with E-state index in [0.29, 0.717) is 5.56 Å².